The molecule has 1 aromatic rings. The Bertz CT molecular complexity index is 691. The lowest BCUT2D eigenvalue weighted by molar-refractivity contribution is -0.131. The van der Waals surface area contributed by atoms with Crippen molar-refractivity contribution < 1.29 is 23.5 Å². The van der Waals surface area contributed by atoms with Gasteiger partial charge in [-0.2, -0.15) is 0 Å². The number of hydrogen-bond donors (Lipinski definition) is 2. The first-order valence-corrected chi connectivity index (χ1v) is 9.01. The molecule has 1 saturated heterocycles. The summed E-state index contributed by atoms with van der Waals surface area (Å²) >= 11 is 0. The van der Waals surface area contributed by atoms with Gasteiger partial charge in [0.05, 0.1) is 17.9 Å². The Labute approximate surface area is 152 Å². The Morgan fingerprint density at radius 2 is 2.15 bits per heavy atom. The molecular weight excluding hydrogens is 336 g/mol. The average molecular weight is 362 g/mol. The molecular formula is C19H26N2O5. The lowest BCUT2D eigenvalue weighted by atomic mass is 9.86. The highest BCUT2D eigenvalue weighted by atomic mass is 16.5. The van der Waals surface area contributed by atoms with Crippen LogP contribution >= 0.6 is 0 Å². The molecule has 0 spiro atoms. The molecule has 0 aromatic carbocycles. The number of ether oxygens (including phenoxy) is 1. The van der Waals surface area contributed by atoms with Crippen molar-refractivity contribution in [3.05, 3.63) is 24.2 Å². The van der Waals surface area contributed by atoms with Crippen LogP contribution in [0.1, 0.15) is 56.8 Å². The summed E-state index contributed by atoms with van der Waals surface area (Å²) < 4.78 is 10.5. The molecule has 2 aliphatic rings. The number of nitrogens with one attached hydrogen (secondary N) is 2. The van der Waals surface area contributed by atoms with Crippen molar-refractivity contribution in [1.29, 1.82) is 0 Å². The van der Waals surface area contributed by atoms with Gasteiger partial charge in [-0.05, 0) is 37.2 Å². The molecule has 0 radical (unpaired) electrons. The van der Waals surface area contributed by atoms with Crippen molar-refractivity contribution >= 4 is 17.6 Å². The minimum absolute atomic E-state index is 0.0380. The molecule has 1 aromatic heterocycles. The fraction of sp³-hybridized carbons (Fsp3) is 0.632. The second-order valence-electron chi connectivity index (χ2n) is 8.38. The van der Waals surface area contributed by atoms with Crippen LogP contribution in [0, 0.1) is 5.41 Å². The smallest absolute Gasteiger partial charge is 0.255 e. The van der Waals surface area contributed by atoms with E-state index in [4.69, 9.17) is 9.15 Å². The lowest BCUT2D eigenvalue weighted by Gasteiger charge is -2.32. The fourth-order valence-corrected chi connectivity index (χ4v) is 3.80. The number of Topliss-reactive ketones (excluding diaryl/α,β-unsaturated/α-hetero) is 1. The molecule has 2 heterocycles. The van der Waals surface area contributed by atoms with Gasteiger partial charge in [0, 0.05) is 0 Å². The number of carbonyl (C=O) groups excluding carboxylic acids is 3. The van der Waals surface area contributed by atoms with Gasteiger partial charge in [0.2, 0.25) is 5.91 Å². The Hall–Kier alpha value is -2.15. The summed E-state index contributed by atoms with van der Waals surface area (Å²) in [6.07, 6.45) is 5.10. The van der Waals surface area contributed by atoms with Crippen LogP contribution in [-0.2, 0) is 14.3 Å². The van der Waals surface area contributed by atoms with E-state index < -0.39 is 11.6 Å². The number of ketones is 1. The molecule has 7 heteroatoms. The van der Waals surface area contributed by atoms with Gasteiger partial charge in [-0.15, -0.1) is 0 Å². The van der Waals surface area contributed by atoms with Crippen LogP contribution in [-0.4, -0.2) is 41.9 Å². The quantitative estimate of drug-likeness (QED) is 0.833. The summed E-state index contributed by atoms with van der Waals surface area (Å²) in [7, 11) is 0. The van der Waals surface area contributed by atoms with Crippen LogP contribution < -0.4 is 10.6 Å². The van der Waals surface area contributed by atoms with Crippen LogP contribution in [0.4, 0.5) is 0 Å². The van der Waals surface area contributed by atoms with Crippen molar-refractivity contribution in [1.82, 2.24) is 10.6 Å². The highest BCUT2D eigenvalue weighted by Gasteiger charge is 2.55. The number of carbonyl (C=O) groups is 3. The van der Waals surface area contributed by atoms with Crippen molar-refractivity contribution in [2.24, 2.45) is 5.41 Å². The summed E-state index contributed by atoms with van der Waals surface area (Å²) in [5.74, 6) is -0.802. The molecule has 1 aliphatic heterocycles. The minimum atomic E-state index is -0.937. The predicted molar refractivity (Wildman–Crippen MR) is 93.5 cm³/mol. The normalized spacial score (nSPS) is 26.4. The van der Waals surface area contributed by atoms with E-state index in [1.54, 1.807) is 6.07 Å². The van der Waals surface area contributed by atoms with Gasteiger partial charge in [0.1, 0.15) is 24.5 Å². The molecule has 142 valence electrons. The fourth-order valence-electron chi connectivity index (χ4n) is 3.80. The van der Waals surface area contributed by atoms with E-state index in [2.05, 4.69) is 10.6 Å². The SMILES string of the molecule is CC(C)(C)CC(NC(=O)c1ccoc1)C(=O)NC12CCCC1OCC2=O. The van der Waals surface area contributed by atoms with E-state index in [0.29, 0.717) is 18.4 Å². The molecule has 1 aliphatic carbocycles. The zero-order valence-corrected chi connectivity index (χ0v) is 15.5. The Morgan fingerprint density at radius 1 is 1.38 bits per heavy atom. The monoisotopic (exact) mass is 362 g/mol. The van der Waals surface area contributed by atoms with Crippen molar-refractivity contribution in [2.75, 3.05) is 6.61 Å². The average Bonchev–Trinajstić information content (AvgIpc) is 3.25. The summed E-state index contributed by atoms with van der Waals surface area (Å²) in [4.78, 5) is 37.8. The second kappa shape index (κ2) is 6.87. The second-order valence-corrected chi connectivity index (χ2v) is 8.38. The number of hydrogen-bond acceptors (Lipinski definition) is 5. The van der Waals surface area contributed by atoms with Gasteiger partial charge >= 0.3 is 0 Å². The maximum Gasteiger partial charge on any atom is 0.255 e. The van der Waals surface area contributed by atoms with Gasteiger partial charge in [0.25, 0.3) is 5.91 Å². The van der Waals surface area contributed by atoms with Gasteiger partial charge < -0.3 is 19.8 Å². The third-order valence-electron chi connectivity index (χ3n) is 5.07. The number of fused-ring (bicyclic) bond motifs is 1. The molecule has 7 nitrogen and oxygen atoms in total. The van der Waals surface area contributed by atoms with Crippen LogP contribution in [0.2, 0.25) is 0 Å². The largest absolute Gasteiger partial charge is 0.472 e. The van der Waals surface area contributed by atoms with Crippen LogP contribution in [0.3, 0.4) is 0 Å². The first-order valence-electron chi connectivity index (χ1n) is 9.01. The highest BCUT2D eigenvalue weighted by molar-refractivity contribution is 6.00. The standard InChI is InChI=1S/C19H26N2O5/c1-18(2,3)9-13(20-16(23)12-6-8-25-10-12)17(24)21-19-7-4-5-15(19)26-11-14(19)22/h6,8,10,13,15H,4-5,7,9,11H2,1-3H3,(H,20,23)(H,21,24). The van der Waals surface area contributed by atoms with Gasteiger partial charge in [-0.25, -0.2) is 0 Å². The van der Waals surface area contributed by atoms with E-state index in [0.717, 1.165) is 12.8 Å². The number of rotatable bonds is 5. The molecule has 1 saturated carbocycles. The topological polar surface area (TPSA) is 97.6 Å². The Balaban J connectivity index is 1.76. The van der Waals surface area contributed by atoms with Crippen LogP contribution in [0.5, 0.6) is 0 Å². The molecule has 2 N–H and O–H groups in total. The lowest BCUT2D eigenvalue weighted by Crippen LogP contribution is -2.60. The highest BCUT2D eigenvalue weighted by Crippen LogP contribution is 2.38. The van der Waals surface area contributed by atoms with Gasteiger partial charge in [0.15, 0.2) is 5.78 Å². The van der Waals surface area contributed by atoms with Crippen molar-refractivity contribution in [3.63, 3.8) is 0 Å². The predicted octanol–water partition coefficient (Wildman–Crippen LogP) is 1.82. The third kappa shape index (κ3) is 3.67. The molecule has 3 atom stereocenters. The maximum atomic E-state index is 13.0. The van der Waals surface area contributed by atoms with Crippen molar-refractivity contribution in [3.8, 4) is 0 Å². The number of amides is 2. The Morgan fingerprint density at radius 3 is 2.81 bits per heavy atom. The van der Waals surface area contributed by atoms with Gasteiger partial charge in [-0.1, -0.05) is 20.8 Å². The molecule has 2 amide bonds. The Kier molecular flexibility index (Phi) is 4.92. The van der Waals surface area contributed by atoms with E-state index >= 15 is 0 Å². The first-order chi connectivity index (χ1) is 12.2. The summed E-state index contributed by atoms with van der Waals surface area (Å²) in [5.41, 5.74) is -0.767. The number of furan rings is 1. The van der Waals surface area contributed by atoms with Crippen LogP contribution in [0.25, 0.3) is 0 Å². The third-order valence-corrected chi connectivity index (χ3v) is 5.07. The summed E-state index contributed by atoms with van der Waals surface area (Å²) in [6.45, 7) is 6.03. The minimum Gasteiger partial charge on any atom is -0.472 e. The van der Waals surface area contributed by atoms with E-state index in [-0.39, 0.29) is 35.7 Å². The van der Waals surface area contributed by atoms with E-state index in [1.807, 2.05) is 20.8 Å². The molecule has 3 unspecified atom stereocenters. The molecule has 2 fully saturated rings. The summed E-state index contributed by atoms with van der Waals surface area (Å²) in [6, 6.07) is 0.794. The van der Waals surface area contributed by atoms with E-state index in [9.17, 15) is 14.4 Å². The first kappa shape index (κ1) is 18.6. The molecule has 26 heavy (non-hydrogen) atoms. The molecule has 0 bridgehead atoms. The zero-order valence-electron chi connectivity index (χ0n) is 15.5. The van der Waals surface area contributed by atoms with E-state index in [1.165, 1.54) is 12.5 Å². The van der Waals surface area contributed by atoms with Crippen molar-refractivity contribution in [2.45, 2.75) is 64.1 Å². The molecule has 3 rings (SSSR count). The zero-order chi connectivity index (χ0) is 18.9. The van der Waals surface area contributed by atoms with Crippen LogP contribution in [0.15, 0.2) is 23.0 Å². The summed E-state index contributed by atoms with van der Waals surface area (Å²) in [5, 5.41) is 5.70. The van der Waals surface area contributed by atoms with Gasteiger partial charge in [-0.3, -0.25) is 14.4 Å². The maximum absolute atomic E-state index is 13.0.